The summed E-state index contributed by atoms with van der Waals surface area (Å²) in [5.74, 6) is -1.19. The van der Waals surface area contributed by atoms with Crippen LogP contribution >= 0.6 is 0 Å². The molecule has 1 aliphatic rings. The number of carbonyl (C=O) groups excluding carboxylic acids is 2. The Morgan fingerprint density at radius 1 is 1.33 bits per heavy atom. The molecule has 0 aliphatic carbocycles. The highest BCUT2D eigenvalue weighted by molar-refractivity contribution is 6.35. The summed E-state index contributed by atoms with van der Waals surface area (Å²) in [6.45, 7) is 0.414. The standard InChI is InChI=1S/C5H6N2O2/c8-4-5(9)7-3-1-2-6-4/h1-2H,3H2,(H,6,8)(H,7,9). The molecule has 0 aromatic heterocycles. The Bertz CT molecular complexity index is 174. The molecule has 0 aromatic rings. The summed E-state index contributed by atoms with van der Waals surface area (Å²) in [4.78, 5) is 20.9. The van der Waals surface area contributed by atoms with E-state index in [0.717, 1.165) is 0 Å². The van der Waals surface area contributed by atoms with Crippen LogP contribution in [0.4, 0.5) is 0 Å². The van der Waals surface area contributed by atoms with Gasteiger partial charge in [-0.3, -0.25) is 9.59 Å². The third-order valence-corrected chi connectivity index (χ3v) is 0.919. The fourth-order valence-electron chi connectivity index (χ4n) is 0.491. The lowest BCUT2D eigenvalue weighted by Gasteiger charge is -1.93. The molecule has 0 bridgehead atoms. The fourth-order valence-corrected chi connectivity index (χ4v) is 0.491. The van der Waals surface area contributed by atoms with Crippen LogP contribution < -0.4 is 10.6 Å². The minimum absolute atomic E-state index is 0.414. The number of hydrogen-bond acceptors (Lipinski definition) is 2. The average Bonchev–Trinajstić information content (AvgIpc) is 1.99. The van der Waals surface area contributed by atoms with Gasteiger partial charge in [0.05, 0.1) is 0 Å². The van der Waals surface area contributed by atoms with E-state index in [1.807, 2.05) is 0 Å². The summed E-state index contributed by atoms with van der Waals surface area (Å²) in [7, 11) is 0. The van der Waals surface area contributed by atoms with E-state index in [1.165, 1.54) is 6.20 Å². The highest BCUT2D eigenvalue weighted by Gasteiger charge is 2.11. The van der Waals surface area contributed by atoms with Crippen molar-refractivity contribution in [1.29, 1.82) is 0 Å². The third-order valence-electron chi connectivity index (χ3n) is 0.919. The van der Waals surface area contributed by atoms with Crippen LogP contribution in [0.1, 0.15) is 0 Å². The molecule has 4 nitrogen and oxygen atoms in total. The lowest BCUT2D eigenvalue weighted by Crippen LogP contribution is -2.35. The maximum absolute atomic E-state index is 10.5. The Morgan fingerprint density at radius 3 is 2.89 bits per heavy atom. The Hall–Kier alpha value is -1.32. The first-order chi connectivity index (χ1) is 4.30. The van der Waals surface area contributed by atoms with E-state index < -0.39 is 11.8 Å². The van der Waals surface area contributed by atoms with Gasteiger partial charge in [0, 0.05) is 12.7 Å². The SMILES string of the molecule is O=C1NC=CCNC1=O. The summed E-state index contributed by atoms with van der Waals surface area (Å²) < 4.78 is 0. The summed E-state index contributed by atoms with van der Waals surface area (Å²) >= 11 is 0. The Morgan fingerprint density at radius 2 is 2.11 bits per heavy atom. The molecule has 0 saturated heterocycles. The van der Waals surface area contributed by atoms with E-state index in [9.17, 15) is 9.59 Å². The van der Waals surface area contributed by atoms with Crippen molar-refractivity contribution in [3.63, 3.8) is 0 Å². The van der Waals surface area contributed by atoms with Gasteiger partial charge < -0.3 is 10.6 Å². The molecule has 4 heteroatoms. The number of hydrogen-bond donors (Lipinski definition) is 2. The topological polar surface area (TPSA) is 58.2 Å². The van der Waals surface area contributed by atoms with Crippen molar-refractivity contribution in [2.24, 2.45) is 0 Å². The van der Waals surface area contributed by atoms with Crippen LogP contribution in [0.15, 0.2) is 12.3 Å². The molecule has 0 saturated carbocycles. The molecule has 1 rings (SSSR count). The van der Waals surface area contributed by atoms with E-state index in [-0.39, 0.29) is 0 Å². The molecule has 2 amide bonds. The Kier molecular flexibility index (Phi) is 1.48. The molecule has 0 aromatic carbocycles. The molecule has 0 atom stereocenters. The molecule has 1 aliphatic heterocycles. The number of rotatable bonds is 0. The predicted molar refractivity (Wildman–Crippen MR) is 30.3 cm³/mol. The molecular formula is C5H6N2O2. The van der Waals surface area contributed by atoms with Crippen LogP contribution in [0.2, 0.25) is 0 Å². The van der Waals surface area contributed by atoms with Gasteiger partial charge in [-0.25, -0.2) is 0 Å². The first-order valence-electron chi connectivity index (χ1n) is 2.54. The Balaban J connectivity index is 2.63. The summed E-state index contributed by atoms with van der Waals surface area (Å²) in [5, 5.41) is 4.62. The third kappa shape index (κ3) is 1.28. The molecule has 48 valence electrons. The number of carbonyl (C=O) groups is 2. The van der Waals surface area contributed by atoms with Crippen molar-refractivity contribution in [3.8, 4) is 0 Å². The van der Waals surface area contributed by atoms with Crippen LogP contribution in [-0.2, 0) is 9.59 Å². The fraction of sp³-hybridized carbons (Fsp3) is 0.200. The number of nitrogens with one attached hydrogen (secondary N) is 2. The predicted octanol–water partition coefficient (Wildman–Crippen LogP) is -1.25. The quantitative estimate of drug-likeness (QED) is 0.398. The van der Waals surface area contributed by atoms with Crippen LogP contribution in [0, 0.1) is 0 Å². The second-order valence-electron chi connectivity index (χ2n) is 1.59. The highest BCUT2D eigenvalue weighted by Crippen LogP contribution is 1.76. The van der Waals surface area contributed by atoms with Gasteiger partial charge in [-0.1, -0.05) is 0 Å². The molecular weight excluding hydrogens is 120 g/mol. The maximum atomic E-state index is 10.5. The zero-order valence-electron chi connectivity index (χ0n) is 4.68. The van der Waals surface area contributed by atoms with E-state index in [1.54, 1.807) is 6.08 Å². The van der Waals surface area contributed by atoms with Gasteiger partial charge >= 0.3 is 11.8 Å². The first-order valence-corrected chi connectivity index (χ1v) is 2.54. The summed E-state index contributed by atoms with van der Waals surface area (Å²) in [6, 6.07) is 0. The van der Waals surface area contributed by atoms with Crippen molar-refractivity contribution in [2.45, 2.75) is 0 Å². The maximum Gasteiger partial charge on any atom is 0.313 e. The minimum atomic E-state index is -0.608. The summed E-state index contributed by atoms with van der Waals surface area (Å²) in [6.07, 6.45) is 3.10. The van der Waals surface area contributed by atoms with E-state index >= 15 is 0 Å². The zero-order chi connectivity index (χ0) is 6.69. The van der Waals surface area contributed by atoms with Crippen molar-refractivity contribution in [2.75, 3.05) is 6.54 Å². The lowest BCUT2D eigenvalue weighted by atomic mass is 10.5. The van der Waals surface area contributed by atoms with Crippen molar-refractivity contribution < 1.29 is 9.59 Å². The average molecular weight is 126 g/mol. The van der Waals surface area contributed by atoms with Gasteiger partial charge in [0.2, 0.25) is 0 Å². The van der Waals surface area contributed by atoms with Crippen molar-refractivity contribution in [3.05, 3.63) is 12.3 Å². The van der Waals surface area contributed by atoms with Crippen LogP contribution in [0.5, 0.6) is 0 Å². The second kappa shape index (κ2) is 2.30. The molecule has 0 fully saturated rings. The van der Waals surface area contributed by atoms with Gasteiger partial charge in [0.1, 0.15) is 0 Å². The van der Waals surface area contributed by atoms with Crippen molar-refractivity contribution >= 4 is 11.8 Å². The zero-order valence-corrected chi connectivity index (χ0v) is 4.68. The molecule has 2 N–H and O–H groups in total. The van der Waals surface area contributed by atoms with Gasteiger partial charge in [0.15, 0.2) is 0 Å². The van der Waals surface area contributed by atoms with Gasteiger partial charge in [0.25, 0.3) is 0 Å². The molecule has 0 unspecified atom stereocenters. The van der Waals surface area contributed by atoms with E-state index in [4.69, 9.17) is 0 Å². The largest absolute Gasteiger partial charge is 0.344 e. The molecule has 1 heterocycles. The van der Waals surface area contributed by atoms with Gasteiger partial charge in [-0.15, -0.1) is 0 Å². The monoisotopic (exact) mass is 126 g/mol. The number of amides is 2. The van der Waals surface area contributed by atoms with E-state index in [0.29, 0.717) is 6.54 Å². The minimum Gasteiger partial charge on any atom is -0.344 e. The second-order valence-corrected chi connectivity index (χ2v) is 1.59. The Labute approximate surface area is 51.9 Å². The lowest BCUT2D eigenvalue weighted by molar-refractivity contribution is -0.138. The molecule has 0 radical (unpaired) electrons. The molecule has 9 heavy (non-hydrogen) atoms. The molecule has 0 spiro atoms. The van der Waals surface area contributed by atoms with Gasteiger partial charge in [-0.05, 0) is 6.08 Å². The summed E-state index contributed by atoms with van der Waals surface area (Å²) in [5.41, 5.74) is 0. The highest BCUT2D eigenvalue weighted by atomic mass is 16.2. The van der Waals surface area contributed by atoms with Gasteiger partial charge in [-0.2, -0.15) is 0 Å². The normalized spacial score (nSPS) is 18.2. The first kappa shape index (κ1) is 5.81. The van der Waals surface area contributed by atoms with Crippen LogP contribution in [-0.4, -0.2) is 18.4 Å². The van der Waals surface area contributed by atoms with Crippen LogP contribution in [0.3, 0.4) is 0 Å². The van der Waals surface area contributed by atoms with E-state index in [2.05, 4.69) is 10.6 Å². The van der Waals surface area contributed by atoms with Crippen LogP contribution in [0.25, 0.3) is 0 Å². The van der Waals surface area contributed by atoms with Crippen molar-refractivity contribution in [1.82, 2.24) is 10.6 Å². The smallest absolute Gasteiger partial charge is 0.313 e.